The molecule has 3 N–H and O–H groups in total. The maximum atomic E-state index is 6.15. The second-order valence-electron chi connectivity index (χ2n) is 7.89. The molecule has 7 heteroatoms. The first-order chi connectivity index (χ1) is 15.7. The third-order valence-corrected chi connectivity index (χ3v) is 5.80. The molecule has 0 aliphatic carbocycles. The van der Waals surface area contributed by atoms with Crippen LogP contribution in [0.2, 0.25) is 0 Å². The molecule has 0 radical (unpaired) electrons. The molecule has 1 heterocycles. The first-order valence-electron chi connectivity index (χ1n) is 11.0. The largest absolute Gasteiger partial charge is 0.495 e. The number of nitrogens with two attached hydrogens (primary N) is 1. The number of rotatable bonds is 7. The molecular weight excluding hydrogens is 525 g/mol. The molecule has 0 atom stereocenters. The van der Waals surface area contributed by atoms with Crippen LogP contribution in [0.4, 0.5) is 11.4 Å². The SMILES string of the molecule is COc1ccccc1NC(N)=NCc1ccccc1CN1CCN(c2ccccc2)CC1.I. The zero-order valence-corrected chi connectivity index (χ0v) is 21.3. The minimum atomic E-state index is 0. The van der Waals surface area contributed by atoms with E-state index in [2.05, 4.69) is 74.7 Å². The van der Waals surface area contributed by atoms with Crippen LogP contribution in [0.25, 0.3) is 0 Å². The summed E-state index contributed by atoms with van der Waals surface area (Å²) >= 11 is 0. The third-order valence-electron chi connectivity index (χ3n) is 5.80. The average molecular weight is 557 g/mol. The van der Waals surface area contributed by atoms with Gasteiger partial charge in [0.1, 0.15) is 5.75 Å². The number of ether oxygens (including phenoxy) is 1. The van der Waals surface area contributed by atoms with Crippen molar-refractivity contribution < 1.29 is 4.74 Å². The highest BCUT2D eigenvalue weighted by molar-refractivity contribution is 14.0. The lowest BCUT2D eigenvalue weighted by Crippen LogP contribution is -2.46. The minimum absolute atomic E-state index is 0. The molecule has 3 aromatic rings. The number of piperazine rings is 1. The zero-order valence-electron chi connectivity index (χ0n) is 19.0. The fourth-order valence-electron chi connectivity index (χ4n) is 4.01. The van der Waals surface area contributed by atoms with Gasteiger partial charge in [0.15, 0.2) is 5.96 Å². The Morgan fingerprint density at radius 2 is 1.52 bits per heavy atom. The number of nitrogens with one attached hydrogen (secondary N) is 1. The number of nitrogens with zero attached hydrogens (tertiary/aromatic N) is 3. The van der Waals surface area contributed by atoms with Gasteiger partial charge in [-0.2, -0.15) is 0 Å². The Labute approximate surface area is 213 Å². The van der Waals surface area contributed by atoms with Crippen LogP contribution in [0.3, 0.4) is 0 Å². The van der Waals surface area contributed by atoms with Crippen LogP contribution >= 0.6 is 24.0 Å². The summed E-state index contributed by atoms with van der Waals surface area (Å²) in [5.74, 6) is 1.11. The Balaban J connectivity index is 0.00000306. The molecular formula is C26H32IN5O. The maximum absolute atomic E-state index is 6.15. The highest BCUT2D eigenvalue weighted by atomic mass is 127. The fourth-order valence-corrected chi connectivity index (χ4v) is 4.01. The summed E-state index contributed by atoms with van der Waals surface area (Å²) in [6.07, 6.45) is 0. The summed E-state index contributed by atoms with van der Waals surface area (Å²) in [6.45, 7) is 5.64. The van der Waals surface area contributed by atoms with Crippen molar-refractivity contribution in [3.8, 4) is 5.75 Å². The van der Waals surface area contributed by atoms with Gasteiger partial charge < -0.3 is 20.7 Å². The van der Waals surface area contributed by atoms with Crippen molar-refractivity contribution in [2.45, 2.75) is 13.1 Å². The van der Waals surface area contributed by atoms with E-state index in [1.807, 2.05) is 24.3 Å². The number of methoxy groups -OCH3 is 1. The van der Waals surface area contributed by atoms with Gasteiger partial charge in [0.2, 0.25) is 0 Å². The summed E-state index contributed by atoms with van der Waals surface area (Å²) in [7, 11) is 1.64. The highest BCUT2D eigenvalue weighted by Crippen LogP contribution is 2.23. The summed E-state index contributed by atoms with van der Waals surface area (Å²) in [6, 6.07) is 26.8. The monoisotopic (exact) mass is 557 g/mol. The van der Waals surface area contributed by atoms with Crippen LogP contribution in [0.5, 0.6) is 5.75 Å². The van der Waals surface area contributed by atoms with Crippen LogP contribution in [-0.4, -0.2) is 44.1 Å². The van der Waals surface area contributed by atoms with Crippen molar-refractivity contribution in [3.05, 3.63) is 90.0 Å². The van der Waals surface area contributed by atoms with E-state index in [0.717, 1.165) is 44.2 Å². The van der Waals surface area contributed by atoms with E-state index in [-0.39, 0.29) is 24.0 Å². The normalized spacial score (nSPS) is 14.5. The number of guanidine groups is 1. The summed E-state index contributed by atoms with van der Waals surface area (Å²) in [5.41, 5.74) is 10.8. The van der Waals surface area contributed by atoms with Crippen LogP contribution in [0.15, 0.2) is 83.9 Å². The van der Waals surface area contributed by atoms with Crippen LogP contribution < -0.4 is 20.7 Å². The molecule has 1 aliphatic rings. The second-order valence-corrected chi connectivity index (χ2v) is 7.89. The van der Waals surface area contributed by atoms with Gasteiger partial charge in [-0.25, -0.2) is 4.99 Å². The molecule has 0 saturated carbocycles. The van der Waals surface area contributed by atoms with E-state index in [1.165, 1.54) is 16.8 Å². The van der Waals surface area contributed by atoms with Crippen LogP contribution in [0.1, 0.15) is 11.1 Å². The molecule has 0 unspecified atom stereocenters. The molecule has 6 nitrogen and oxygen atoms in total. The molecule has 1 aliphatic heterocycles. The molecule has 0 spiro atoms. The van der Waals surface area contributed by atoms with Gasteiger partial charge in [-0.1, -0.05) is 54.6 Å². The fraction of sp³-hybridized carbons (Fsp3) is 0.269. The van der Waals surface area contributed by atoms with Crippen molar-refractivity contribution in [1.29, 1.82) is 0 Å². The third kappa shape index (κ3) is 6.85. The molecule has 0 aromatic heterocycles. The minimum Gasteiger partial charge on any atom is -0.495 e. The predicted molar refractivity (Wildman–Crippen MR) is 148 cm³/mol. The van der Waals surface area contributed by atoms with Gasteiger partial charge in [0.05, 0.1) is 19.3 Å². The van der Waals surface area contributed by atoms with E-state index in [0.29, 0.717) is 12.5 Å². The Morgan fingerprint density at radius 3 is 2.24 bits per heavy atom. The number of hydrogen-bond donors (Lipinski definition) is 2. The molecule has 3 aromatic carbocycles. The summed E-state index contributed by atoms with van der Waals surface area (Å²) in [4.78, 5) is 9.54. The van der Waals surface area contributed by atoms with E-state index < -0.39 is 0 Å². The smallest absolute Gasteiger partial charge is 0.193 e. The van der Waals surface area contributed by atoms with Gasteiger partial charge in [0, 0.05) is 38.4 Å². The number of para-hydroxylation sites is 3. The first-order valence-corrected chi connectivity index (χ1v) is 11.0. The van der Waals surface area contributed by atoms with Crippen molar-refractivity contribution in [2.75, 3.05) is 43.5 Å². The van der Waals surface area contributed by atoms with Crippen molar-refractivity contribution in [1.82, 2.24) is 4.90 Å². The molecule has 4 rings (SSSR count). The van der Waals surface area contributed by atoms with Crippen molar-refractivity contribution >= 4 is 41.3 Å². The quantitative estimate of drug-likeness (QED) is 0.253. The Morgan fingerprint density at radius 1 is 0.879 bits per heavy atom. The number of hydrogen-bond acceptors (Lipinski definition) is 4. The molecule has 174 valence electrons. The van der Waals surface area contributed by atoms with Gasteiger partial charge in [-0.15, -0.1) is 24.0 Å². The van der Waals surface area contributed by atoms with E-state index in [9.17, 15) is 0 Å². The highest BCUT2D eigenvalue weighted by Gasteiger charge is 2.18. The molecule has 1 fully saturated rings. The molecule has 0 amide bonds. The van der Waals surface area contributed by atoms with Crippen LogP contribution in [-0.2, 0) is 13.1 Å². The van der Waals surface area contributed by atoms with E-state index in [4.69, 9.17) is 10.5 Å². The summed E-state index contributed by atoms with van der Waals surface area (Å²) < 4.78 is 5.37. The Bertz CT molecular complexity index is 1040. The lowest BCUT2D eigenvalue weighted by Gasteiger charge is -2.36. The van der Waals surface area contributed by atoms with Crippen LogP contribution in [0, 0.1) is 0 Å². The standard InChI is InChI=1S/C26H31N5O.HI/c1-32-25-14-8-7-13-24(25)29-26(27)28-19-21-9-5-6-10-22(21)20-30-15-17-31(18-16-30)23-11-3-2-4-12-23;/h2-14H,15-20H2,1H3,(H3,27,28,29);1H. The zero-order chi connectivity index (χ0) is 22.2. The molecule has 0 bridgehead atoms. The maximum Gasteiger partial charge on any atom is 0.193 e. The predicted octanol–water partition coefficient (Wildman–Crippen LogP) is 4.56. The van der Waals surface area contributed by atoms with Gasteiger partial charge in [-0.05, 0) is 35.4 Å². The molecule has 1 saturated heterocycles. The van der Waals surface area contributed by atoms with Gasteiger partial charge in [0.25, 0.3) is 0 Å². The average Bonchev–Trinajstić information content (AvgIpc) is 2.85. The Hall–Kier alpha value is -2.78. The van der Waals surface area contributed by atoms with Crippen molar-refractivity contribution in [3.63, 3.8) is 0 Å². The van der Waals surface area contributed by atoms with E-state index >= 15 is 0 Å². The number of anilines is 2. The number of benzene rings is 3. The van der Waals surface area contributed by atoms with E-state index in [1.54, 1.807) is 7.11 Å². The second kappa shape index (κ2) is 12.5. The summed E-state index contributed by atoms with van der Waals surface area (Å²) in [5, 5.41) is 3.14. The molecule has 33 heavy (non-hydrogen) atoms. The topological polar surface area (TPSA) is 66.1 Å². The number of aliphatic imine (C=N–C) groups is 1. The Kier molecular flexibility index (Phi) is 9.38. The lowest BCUT2D eigenvalue weighted by atomic mass is 10.1. The van der Waals surface area contributed by atoms with Gasteiger partial charge >= 0.3 is 0 Å². The first kappa shape index (κ1) is 24.9. The number of halogens is 1. The lowest BCUT2D eigenvalue weighted by molar-refractivity contribution is 0.249. The van der Waals surface area contributed by atoms with Crippen molar-refractivity contribution in [2.24, 2.45) is 10.7 Å². The van der Waals surface area contributed by atoms with Gasteiger partial charge in [-0.3, -0.25) is 4.90 Å².